The van der Waals surface area contributed by atoms with E-state index in [1.165, 1.54) is 50.1 Å². The average Bonchev–Trinajstić information content (AvgIpc) is 1.59. The van der Waals surface area contributed by atoms with Gasteiger partial charge in [0.2, 0.25) is 70.7 Å². The van der Waals surface area contributed by atoms with Crippen LogP contribution >= 0.6 is 0 Å². The number of tetrazole rings is 3. The van der Waals surface area contributed by atoms with E-state index >= 15 is 0 Å². The molecule has 0 saturated carbocycles. The molecule has 36 heteroatoms. The molecule has 3 aliphatic rings. The lowest BCUT2D eigenvalue weighted by Gasteiger charge is -2.18. The zero-order valence-electron chi connectivity index (χ0n) is 83.2. The molecule has 0 unspecified atom stereocenters. The summed E-state index contributed by atoms with van der Waals surface area (Å²) < 4.78 is 36.6. The quantitative estimate of drug-likeness (QED) is 0.0464. The van der Waals surface area contributed by atoms with Crippen molar-refractivity contribution in [2.24, 2.45) is 0 Å². The number of aromatic nitrogens is 24. The van der Waals surface area contributed by atoms with Gasteiger partial charge in [-0.1, -0.05) is 197 Å². The Hall–Kier alpha value is -17.3. The van der Waals surface area contributed by atoms with Crippen LogP contribution in [0.4, 0.5) is 0 Å². The zero-order valence-corrected chi connectivity index (χ0v) is 83.2. The van der Waals surface area contributed by atoms with Gasteiger partial charge in [-0.3, -0.25) is 61.9 Å². The molecule has 19 aromatic rings. The maximum absolute atomic E-state index is 6.10. The van der Waals surface area contributed by atoms with Crippen molar-refractivity contribution in [3.8, 4) is 172 Å². The topological polar surface area (TPSA) is 470 Å². The highest BCUT2D eigenvalue weighted by atomic mass is 16.4. The molecule has 0 fully saturated rings. The minimum absolute atomic E-state index is 0.0481. The first-order valence-corrected chi connectivity index (χ1v) is 47.5. The van der Waals surface area contributed by atoms with Gasteiger partial charge in [0.15, 0.2) is 0 Å². The third-order valence-electron chi connectivity index (χ3n) is 24.5. The van der Waals surface area contributed by atoms with Gasteiger partial charge in [0.05, 0.1) is 16.7 Å². The summed E-state index contributed by atoms with van der Waals surface area (Å²) in [4.78, 5) is 10.2. The van der Waals surface area contributed by atoms with E-state index in [1.54, 1.807) is 0 Å². The Bertz CT molecular complexity index is 6720. The summed E-state index contributed by atoms with van der Waals surface area (Å²) in [6.45, 7) is 45.0. The van der Waals surface area contributed by atoms with Crippen LogP contribution in [0.15, 0.2) is 245 Å². The number of nitrogens with zero attached hydrogens (tertiary/aromatic N) is 24. The lowest BCUT2D eigenvalue weighted by Crippen LogP contribution is -2.71. The number of amidine groups is 3. The first-order valence-electron chi connectivity index (χ1n) is 47.5. The molecule has 6 N–H and O–H groups in total. The van der Waals surface area contributed by atoms with Crippen molar-refractivity contribution in [1.82, 2.24) is 139 Å². The number of benzene rings is 10. The van der Waals surface area contributed by atoms with Crippen LogP contribution in [0.5, 0.6) is 0 Å². The highest BCUT2D eigenvalue weighted by Crippen LogP contribution is 2.41. The van der Waals surface area contributed by atoms with E-state index in [0.29, 0.717) is 138 Å². The summed E-state index contributed by atoms with van der Waals surface area (Å²) in [5.74, 6) is 8.87. The highest BCUT2D eigenvalue weighted by Gasteiger charge is 2.30. The van der Waals surface area contributed by atoms with Crippen LogP contribution in [-0.2, 0) is 32.5 Å². The maximum Gasteiger partial charge on any atom is 0.275 e. The second-order valence-corrected chi connectivity index (χ2v) is 41.4. The van der Waals surface area contributed by atoms with Gasteiger partial charge in [-0.15, -0.1) is 61.2 Å². The van der Waals surface area contributed by atoms with Crippen LogP contribution in [0.1, 0.15) is 175 Å². The number of nitrogens with one attached hydrogen (secondary N) is 6. The van der Waals surface area contributed by atoms with Crippen molar-refractivity contribution < 1.29 is 41.5 Å². The Morgan fingerprint density at radius 3 is 0.486 bits per heavy atom. The standard InChI is InChI=1S/3C31H29N8O2.C15H18N6/c3*1-30(2,3)23-11-7-18(8-12-23)26-34-36-28(40-26)21-15-20(25-32-38-39-33-25)16-22(17-21)29-37-35-27(41-29)19-9-13-24(14-10-19)31(4,5)6;1-2-17-13(16-1)10-7-11(14-18-3-4-19-14)9-12(8-10)15-20-5-6-21-15/h3*7-17H,1-6H3;7-9H,1-6H2,(H,16,17)(H,18,19)(H,20,21)/q3*-1;/p+3. The molecule has 0 radical (unpaired) electrons. The Kier molecular flexibility index (Phi) is 26.1. The van der Waals surface area contributed by atoms with Crippen molar-refractivity contribution in [2.75, 3.05) is 39.3 Å². The van der Waals surface area contributed by atoms with Gasteiger partial charge in [0.1, 0.15) is 39.3 Å². The third kappa shape index (κ3) is 22.0. The summed E-state index contributed by atoms with van der Waals surface area (Å²) in [5, 5.41) is 108. The normalized spacial score (nSPS) is 13.3. The van der Waals surface area contributed by atoms with Crippen LogP contribution in [0.25, 0.3) is 172 Å². The van der Waals surface area contributed by atoms with Gasteiger partial charge in [0.25, 0.3) is 17.5 Å². The Balaban J connectivity index is 0.000000124. The largest absolute Gasteiger partial charge is 0.416 e. The first kappa shape index (κ1) is 95.6. The van der Waals surface area contributed by atoms with E-state index in [9.17, 15) is 0 Å². The van der Waals surface area contributed by atoms with Gasteiger partial charge >= 0.3 is 0 Å². The molecule has 0 spiro atoms. The summed E-state index contributed by atoms with van der Waals surface area (Å²) >= 11 is 0. The van der Waals surface area contributed by atoms with Crippen molar-refractivity contribution in [2.45, 2.75) is 157 Å². The maximum atomic E-state index is 6.10. The molecule has 9 aromatic heterocycles. The average molecular weight is 1920 g/mol. The molecule has 36 nitrogen and oxygen atoms in total. The Morgan fingerprint density at radius 1 is 0.194 bits per heavy atom. The minimum Gasteiger partial charge on any atom is -0.416 e. The summed E-state index contributed by atoms with van der Waals surface area (Å²) in [6, 6.07) is 72.1. The molecule has 0 amide bonds. The second-order valence-electron chi connectivity index (χ2n) is 41.4. The van der Waals surface area contributed by atoms with Crippen molar-refractivity contribution in [3.05, 3.63) is 268 Å². The van der Waals surface area contributed by atoms with Gasteiger partial charge in [0, 0.05) is 84.2 Å². The molecule has 3 aliphatic heterocycles. The van der Waals surface area contributed by atoms with Gasteiger partial charge in [-0.25, -0.2) is 0 Å². The smallest absolute Gasteiger partial charge is 0.275 e. The predicted molar refractivity (Wildman–Crippen MR) is 541 cm³/mol. The van der Waals surface area contributed by atoms with Crippen molar-refractivity contribution in [3.63, 3.8) is 0 Å². The molecular weight excluding hydrogens is 1810 g/mol. The molecule has 12 heterocycles. The lowest BCUT2D eigenvalue weighted by atomic mass is 9.87. The molecule has 10 aromatic carbocycles. The molecule has 0 aliphatic carbocycles. The van der Waals surface area contributed by atoms with Gasteiger partial charge in [-0.05, 0) is 228 Å². The predicted octanol–water partition coefficient (Wildman–Crippen LogP) is 13.6. The molecule has 0 saturated heterocycles. The number of hydrogen-bond acceptors (Lipinski definition) is 30. The molecule has 144 heavy (non-hydrogen) atoms. The molecule has 0 atom stereocenters. The fraction of sp³-hybridized carbons (Fsp3) is 0.278. The monoisotopic (exact) mass is 1920 g/mol. The summed E-state index contributed by atoms with van der Waals surface area (Å²) in [5.41, 5.74) is 22.0. The fourth-order valence-electron chi connectivity index (χ4n) is 16.2. The summed E-state index contributed by atoms with van der Waals surface area (Å²) in [6.07, 6.45) is 0. The van der Waals surface area contributed by atoms with Gasteiger partial charge in [-0.2, -0.15) is 15.6 Å². The van der Waals surface area contributed by atoms with Crippen LogP contribution < -0.4 is 46.2 Å². The van der Waals surface area contributed by atoms with E-state index in [1.807, 2.05) is 127 Å². The molecule has 22 rings (SSSR count). The fourth-order valence-corrected chi connectivity index (χ4v) is 16.2. The van der Waals surface area contributed by atoms with Gasteiger partial charge < -0.3 is 41.8 Å². The van der Waals surface area contributed by atoms with Crippen LogP contribution in [0.2, 0.25) is 0 Å². The zero-order chi connectivity index (χ0) is 100. The number of hydrogen-bond donors (Lipinski definition) is 6. The Labute approximate surface area is 829 Å². The molecular formula is C108H108N30O6. The number of rotatable bonds is 18. The van der Waals surface area contributed by atoms with Crippen LogP contribution in [-0.4, -0.2) is 165 Å². The van der Waals surface area contributed by atoms with Crippen LogP contribution in [0, 0.1) is 0 Å². The van der Waals surface area contributed by atoms with E-state index in [2.05, 4.69) is 370 Å². The lowest BCUT2D eigenvalue weighted by molar-refractivity contribution is -0.444. The van der Waals surface area contributed by atoms with E-state index < -0.39 is 0 Å². The van der Waals surface area contributed by atoms with E-state index in [0.717, 1.165) is 90.2 Å². The summed E-state index contributed by atoms with van der Waals surface area (Å²) in [7, 11) is 0. The minimum atomic E-state index is 0.0481. The first-order chi connectivity index (χ1) is 69.0. The molecule has 726 valence electrons. The second kappa shape index (κ2) is 39.4. The highest BCUT2D eigenvalue weighted by molar-refractivity contribution is 6.05. The van der Waals surface area contributed by atoms with E-state index in [-0.39, 0.29) is 32.5 Å². The van der Waals surface area contributed by atoms with E-state index in [4.69, 9.17) is 26.5 Å². The van der Waals surface area contributed by atoms with Crippen LogP contribution in [0.3, 0.4) is 0 Å². The molecule has 0 bridgehead atoms. The van der Waals surface area contributed by atoms with Crippen molar-refractivity contribution >= 4 is 17.5 Å². The third-order valence-corrected chi connectivity index (χ3v) is 24.5. The SMILES string of the molecule is CC(C)(C)c1ccc(-c2nnc(-c3cc(-c4nnn[n-]4)cc(-c4nnc(-c5ccc(C(C)(C)C)cc5)o4)c3)o2)cc1.CC(C)(C)c1ccc(-c2nnc(-c3cc(-c4nnn[n-]4)cc(-c4nnc(-c5ccc(C(C)(C)C)cc5)o4)c3)o2)cc1.CC(C)(C)c1ccc(-c2nnc(-c3cc(-c4nnn[n-]4)cc(-c4nnc(-c5ccc(C(C)(C)C)cc5)o4)c3)o2)cc1.c1c(C2=[NH+]CCN2)cc(C2=[NH+]CCN2)cc1C1=[NH+]CCN1. The Morgan fingerprint density at radius 2 is 0.347 bits per heavy atom. The van der Waals surface area contributed by atoms with Crippen molar-refractivity contribution in [1.29, 1.82) is 0 Å².